The average molecular weight is 183 g/mol. The summed E-state index contributed by atoms with van der Waals surface area (Å²) in [5, 5.41) is 3.50. The molecule has 1 saturated carbocycles. The van der Waals surface area contributed by atoms with E-state index < -0.39 is 0 Å². The molecule has 0 amide bonds. The van der Waals surface area contributed by atoms with Crippen LogP contribution in [0, 0.1) is 5.92 Å². The van der Waals surface area contributed by atoms with Crippen molar-refractivity contribution >= 4 is 0 Å². The Balaban J connectivity index is 1.98. The predicted molar refractivity (Wildman–Crippen MR) is 59.0 cm³/mol. The molecule has 0 spiro atoms. The van der Waals surface area contributed by atoms with Gasteiger partial charge in [0.15, 0.2) is 0 Å². The summed E-state index contributed by atoms with van der Waals surface area (Å²) in [6.45, 7) is 4.68. The summed E-state index contributed by atoms with van der Waals surface area (Å²) in [7, 11) is 0. The van der Waals surface area contributed by atoms with Gasteiger partial charge in [-0.25, -0.2) is 0 Å². The molecule has 13 heavy (non-hydrogen) atoms. The van der Waals surface area contributed by atoms with Gasteiger partial charge in [0, 0.05) is 0 Å². The van der Waals surface area contributed by atoms with Crippen molar-refractivity contribution in [2.45, 2.75) is 58.3 Å². The fraction of sp³-hybridized carbons (Fsp3) is 1.00. The van der Waals surface area contributed by atoms with E-state index in [1.807, 2.05) is 0 Å². The first-order chi connectivity index (χ1) is 6.43. The largest absolute Gasteiger partial charge is 0.317 e. The van der Waals surface area contributed by atoms with Gasteiger partial charge in [0.25, 0.3) is 0 Å². The minimum absolute atomic E-state index is 1.03. The van der Waals surface area contributed by atoms with Crippen LogP contribution in [0.4, 0.5) is 0 Å². The van der Waals surface area contributed by atoms with E-state index in [0.717, 1.165) is 5.92 Å². The Labute approximate surface area is 83.3 Å². The van der Waals surface area contributed by atoms with Crippen LogP contribution in [0.5, 0.6) is 0 Å². The Morgan fingerprint density at radius 3 is 2.31 bits per heavy atom. The first-order valence-corrected chi connectivity index (χ1v) is 6.14. The second kappa shape index (κ2) is 7.37. The van der Waals surface area contributed by atoms with E-state index in [0.29, 0.717) is 0 Å². The molecule has 0 unspecified atom stereocenters. The van der Waals surface area contributed by atoms with Gasteiger partial charge in [-0.15, -0.1) is 0 Å². The van der Waals surface area contributed by atoms with E-state index in [-0.39, 0.29) is 0 Å². The van der Waals surface area contributed by atoms with E-state index in [9.17, 15) is 0 Å². The van der Waals surface area contributed by atoms with Crippen LogP contribution < -0.4 is 5.32 Å². The monoisotopic (exact) mass is 183 g/mol. The van der Waals surface area contributed by atoms with E-state index in [2.05, 4.69) is 12.2 Å². The SMILES string of the molecule is CCCNCCC1CCCCCC1. The Morgan fingerprint density at radius 1 is 1.00 bits per heavy atom. The van der Waals surface area contributed by atoms with Crippen molar-refractivity contribution in [3.8, 4) is 0 Å². The van der Waals surface area contributed by atoms with Crippen molar-refractivity contribution in [1.29, 1.82) is 0 Å². The van der Waals surface area contributed by atoms with Gasteiger partial charge in [0.05, 0.1) is 0 Å². The number of hydrogen-bond acceptors (Lipinski definition) is 1. The lowest BCUT2D eigenvalue weighted by Gasteiger charge is -2.13. The molecule has 1 nitrogen and oxygen atoms in total. The van der Waals surface area contributed by atoms with Crippen molar-refractivity contribution < 1.29 is 0 Å². The molecule has 0 aliphatic heterocycles. The molecule has 0 aromatic carbocycles. The minimum Gasteiger partial charge on any atom is -0.317 e. The van der Waals surface area contributed by atoms with Crippen molar-refractivity contribution in [2.24, 2.45) is 5.92 Å². The summed E-state index contributed by atoms with van der Waals surface area (Å²) in [4.78, 5) is 0. The van der Waals surface area contributed by atoms with Gasteiger partial charge in [-0.2, -0.15) is 0 Å². The molecule has 0 bridgehead atoms. The zero-order valence-electron chi connectivity index (χ0n) is 9.15. The summed E-state index contributed by atoms with van der Waals surface area (Å²) in [5.41, 5.74) is 0. The summed E-state index contributed by atoms with van der Waals surface area (Å²) in [6, 6.07) is 0. The molecule has 78 valence electrons. The van der Waals surface area contributed by atoms with Crippen molar-refractivity contribution in [2.75, 3.05) is 13.1 Å². The predicted octanol–water partition coefficient (Wildman–Crippen LogP) is 3.35. The molecular weight excluding hydrogens is 158 g/mol. The van der Waals surface area contributed by atoms with Crippen LogP contribution in [-0.4, -0.2) is 13.1 Å². The molecule has 0 saturated heterocycles. The van der Waals surface area contributed by atoms with Crippen molar-refractivity contribution in [3.05, 3.63) is 0 Å². The summed E-state index contributed by atoms with van der Waals surface area (Å²) >= 11 is 0. The van der Waals surface area contributed by atoms with Crippen LogP contribution in [0.25, 0.3) is 0 Å². The van der Waals surface area contributed by atoms with Crippen LogP contribution in [0.15, 0.2) is 0 Å². The summed E-state index contributed by atoms with van der Waals surface area (Å²) in [6.07, 6.45) is 11.6. The second-order valence-corrected chi connectivity index (χ2v) is 4.40. The third kappa shape index (κ3) is 5.30. The maximum absolute atomic E-state index is 3.50. The zero-order chi connectivity index (χ0) is 9.36. The normalized spacial score (nSPS) is 20.1. The lowest BCUT2D eigenvalue weighted by atomic mass is 9.97. The smallest absolute Gasteiger partial charge is 0.00463 e. The molecule has 1 rings (SSSR count). The van der Waals surface area contributed by atoms with E-state index in [4.69, 9.17) is 0 Å². The average Bonchev–Trinajstić information content (AvgIpc) is 2.41. The number of rotatable bonds is 5. The maximum atomic E-state index is 3.50. The molecule has 0 aromatic rings. The second-order valence-electron chi connectivity index (χ2n) is 4.40. The van der Waals surface area contributed by atoms with Gasteiger partial charge in [0.2, 0.25) is 0 Å². The fourth-order valence-corrected chi connectivity index (χ4v) is 2.26. The van der Waals surface area contributed by atoms with Crippen LogP contribution in [0.1, 0.15) is 58.3 Å². The molecule has 0 atom stereocenters. The fourth-order valence-electron chi connectivity index (χ4n) is 2.26. The Kier molecular flexibility index (Phi) is 6.26. The zero-order valence-corrected chi connectivity index (χ0v) is 9.15. The Bertz CT molecular complexity index is 104. The molecule has 1 aliphatic carbocycles. The standard InChI is InChI=1S/C12H25N/c1-2-10-13-11-9-12-7-5-3-4-6-8-12/h12-13H,2-11H2,1H3. The molecule has 0 aromatic heterocycles. The van der Waals surface area contributed by atoms with Gasteiger partial charge in [0.1, 0.15) is 0 Å². The Hall–Kier alpha value is -0.0400. The maximum Gasteiger partial charge on any atom is -0.00463 e. The van der Waals surface area contributed by atoms with E-state index >= 15 is 0 Å². The topological polar surface area (TPSA) is 12.0 Å². The lowest BCUT2D eigenvalue weighted by molar-refractivity contribution is 0.415. The highest BCUT2D eigenvalue weighted by molar-refractivity contribution is 4.65. The summed E-state index contributed by atoms with van der Waals surface area (Å²) < 4.78 is 0. The lowest BCUT2D eigenvalue weighted by Crippen LogP contribution is -2.18. The Morgan fingerprint density at radius 2 is 1.69 bits per heavy atom. The van der Waals surface area contributed by atoms with Gasteiger partial charge in [-0.05, 0) is 31.8 Å². The van der Waals surface area contributed by atoms with Crippen LogP contribution in [-0.2, 0) is 0 Å². The molecular formula is C12H25N. The molecule has 1 heteroatoms. The quantitative estimate of drug-likeness (QED) is 0.509. The first-order valence-electron chi connectivity index (χ1n) is 6.14. The highest BCUT2D eigenvalue weighted by Crippen LogP contribution is 2.24. The number of hydrogen-bond donors (Lipinski definition) is 1. The van der Waals surface area contributed by atoms with Crippen LogP contribution in [0.2, 0.25) is 0 Å². The highest BCUT2D eigenvalue weighted by atomic mass is 14.8. The minimum atomic E-state index is 1.03. The van der Waals surface area contributed by atoms with Crippen LogP contribution >= 0.6 is 0 Å². The molecule has 0 radical (unpaired) electrons. The number of nitrogens with one attached hydrogen (secondary N) is 1. The van der Waals surface area contributed by atoms with Crippen molar-refractivity contribution in [1.82, 2.24) is 5.32 Å². The van der Waals surface area contributed by atoms with Gasteiger partial charge in [-0.3, -0.25) is 0 Å². The summed E-state index contributed by atoms with van der Waals surface area (Å²) in [5.74, 6) is 1.03. The molecule has 1 N–H and O–H groups in total. The highest BCUT2D eigenvalue weighted by Gasteiger charge is 2.10. The van der Waals surface area contributed by atoms with Crippen LogP contribution in [0.3, 0.4) is 0 Å². The first kappa shape index (κ1) is 11.0. The third-order valence-electron chi connectivity index (χ3n) is 3.13. The van der Waals surface area contributed by atoms with Gasteiger partial charge >= 0.3 is 0 Å². The molecule has 1 fully saturated rings. The van der Waals surface area contributed by atoms with Gasteiger partial charge in [-0.1, -0.05) is 45.4 Å². The van der Waals surface area contributed by atoms with E-state index in [1.165, 1.54) is 64.5 Å². The third-order valence-corrected chi connectivity index (χ3v) is 3.13. The van der Waals surface area contributed by atoms with Crippen molar-refractivity contribution in [3.63, 3.8) is 0 Å². The molecule has 1 aliphatic rings. The van der Waals surface area contributed by atoms with E-state index in [1.54, 1.807) is 0 Å². The van der Waals surface area contributed by atoms with Gasteiger partial charge < -0.3 is 5.32 Å². The molecule has 0 heterocycles.